The molecule has 2 aromatic carbocycles. The Hall–Kier alpha value is -2.04. The van der Waals surface area contributed by atoms with Crippen molar-refractivity contribution in [3.63, 3.8) is 0 Å². The fourth-order valence-electron chi connectivity index (χ4n) is 3.58. The summed E-state index contributed by atoms with van der Waals surface area (Å²) in [7, 11) is 0. The van der Waals surface area contributed by atoms with Gasteiger partial charge in [-0.15, -0.1) is 0 Å². The van der Waals surface area contributed by atoms with Gasteiger partial charge in [-0.1, -0.05) is 41.9 Å². The number of hydrogen-bond donors (Lipinski definition) is 1. The number of rotatable bonds is 6. The van der Waals surface area contributed by atoms with E-state index in [-0.39, 0.29) is 6.04 Å². The number of nitrogens with zero attached hydrogens (tertiary/aromatic N) is 1. The van der Waals surface area contributed by atoms with Gasteiger partial charge in [-0.05, 0) is 43.5 Å². The van der Waals surface area contributed by atoms with Gasteiger partial charge in [-0.25, -0.2) is 0 Å². The van der Waals surface area contributed by atoms with Gasteiger partial charge in [0.25, 0.3) is 0 Å². The number of carboxylic acid groups (broad SMARTS) is 1. The van der Waals surface area contributed by atoms with E-state index in [0.717, 1.165) is 29.8 Å². The minimum Gasteiger partial charge on any atom is -0.494 e. The van der Waals surface area contributed by atoms with E-state index in [1.807, 2.05) is 60.4 Å². The number of hydrogen-bond acceptors (Lipinski definition) is 3. The van der Waals surface area contributed by atoms with Crippen LogP contribution in [0.4, 0.5) is 0 Å². The van der Waals surface area contributed by atoms with Gasteiger partial charge in [0.15, 0.2) is 0 Å². The van der Waals surface area contributed by atoms with Gasteiger partial charge < -0.3 is 9.84 Å². The number of para-hydroxylation sites is 1. The monoisotopic (exact) mass is 359 g/mol. The maximum absolute atomic E-state index is 11.8. The van der Waals surface area contributed by atoms with Crippen molar-refractivity contribution >= 4 is 17.6 Å². The molecule has 3 rings (SSSR count). The molecule has 0 amide bonds. The molecule has 0 radical (unpaired) electrons. The van der Waals surface area contributed by atoms with Gasteiger partial charge in [0, 0.05) is 17.1 Å². The lowest BCUT2D eigenvalue weighted by molar-refractivity contribution is -0.142. The number of benzene rings is 2. The van der Waals surface area contributed by atoms with Crippen molar-refractivity contribution in [2.45, 2.75) is 31.8 Å². The topological polar surface area (TPSA) is 49.8 Å². The lowest BCUT2D eigenvalue weighted by Gasteiger charge is -2.33. The molecule has 132 valence electrons. The van der Waals surface area contributed by atoms with E-state index in [1.54, 1.807) is 0 Å². The van der Waals surface area contributed by atoms with Crippen LogP contribution in [0, 0.1) is 0 Å². The molecule has 0 saturated carbocycles. The highest BCUT2D eigenvalue weighted by Gasteiger charge is 2.37. The minimum absolute atomic E-state index is 0.204. The van der Waals surface area contributed by atoms with Crippen LogP contribution >= 0.6 is 11.6 Å². The molecule has 2 unspecified atom stereocenters. The predicted octanol–water partition coefficient (Wildman–Crippen LogP) is 4.38. The van der Waals surface area contributed by atoms with Crippen LogP contribution in [0.15, 0.2) is 48.5 Å². The summed E-state index contributed by atoms with van der Waals surface area (Å²) >= 11 is 6.22. The minimum atomic E-state index is -0.779. The Morgan fingerprint density at radius 2 is 2.12 bits per heavy atom. The highest BCUT2D eigenvalue weighted by Crippen LogP contribution is 2.39. The molecule has 5 heteroatoms. The molecular weight excluding hydrogens is 338 g/mol. The Labute approximate surface area is 153 Å². The molecule has 1 saturated heterocycles. The Morgan fingerprint density at radius 3 is 2.84 bits per heavy atom. The third-order valence-electron chi connectivity index (χ3n) is 4.59. The van der Waals surface area contributed by atoms with Gasteiger partial charge >= 0.3 is 5.97 Å². The Balaban J connectivity index is 2.11. The van der Waals surface area contributed by atoms with Crippen LogP contribution < -0.4 is 4.74 Å². The van der Waals surface area contributed by atoms with Gasteiger partial charge in [-0.2, -0.15) is 0 Å². The van der Waals surface area contributed by atoms with Gasteiger partial charge in [0.05, 0.1) is 12.6 Å². The molecule has 1 fully saturated rings. The second-order valence-electron chi connectivity index (χ2n) is 6.16. The summed E-state index contributed by atoms with van der Waals surface area (Å²) in [6.45, 7) is 3.23. The summed E-state index contributed by atoms with van der Waals surface area (Å²) in [5.41, 5.74) is 1.95. The molecule has 1 aliphatic rings. The molecule has 2 aromatic rings. The largest absolute Gasteiger partial charge is 0.494 e. The van der Waals surface area contributed by atoms with Crippen molar-refractivity contribution in [3.8, 4) is 5.75 Å². The molecule has 0 aromatic heterocycles. The number of halogens is 1. The maximum atomic E-state index is 11.8. The molecule has 0 bridgehead atoms. The average molecular weight is 360 g/mol. The number of ether oxygens (including phenoxy) is 1. The molecule has 1 N–H and O–H groups in total. The fraction of sp³-hybridized carbons (Fsp3) is 0.350. The highest BCUT2D eigenvalue weighted by molar-refractivity contribution is 6.30. The number of carbonyl (C=O) groups is 1. The Kier molecular flexibility index (Phi) is 5.61. The van der Waals surface area contributed by atoms with Crippen molar-refractivity contribution in [2.24, 2.45) is 0 Å². The van der Waals surface area contributed by atoms with Crippen LogP contribution in [-0.2, 0) is 4.79 Å². The SMILES string of the molecule is CCOc1ccccc1C(c1cccc(Cl)c1)N1CCCC1C(=O)O. The summed E-state index contributed by atoms with van der Waals surface area (Å²) in [6, 6.07) is 14.8. The lowest BCUT2D eigenvalue weighted by Crippen LogP contribution is -2.39. The Morgan fingerprint density at radius 1 is 1.32 bits per heavy atom. The molecule has 1 aliphatic heterocycles. The first-order chi connectivity index (χ1) is 12.1. The van der Waals surface area contributed by atoms with Gasteiger partial charge in [0.2, 0.25) is 0 Å². The van der Waals surface area contributed by atoms with E-state index in [4.69, 9.17) is 16.3 Å². The van der Waals surface area contributed by atoms with Crippen molar-refractivity contribution < 1.29 is 14.6 Å². The van der Waals surface area contributed by atoms with Crippen LogP contribution in [-0.4, -0.2) is 35.2 Å². The van der Waals surface area contributed by atoms with Crippen LogP contribution in [0.25, 0.3) is 0 Å². The van der Waals surface area contributed by atoms with Crippen molar-refractivity contribution in [2.75, 3.05) is 13.2 Å². The zero-order chi connectivity index (χ0) is 17.8. The molecule has 25 heavy (non-hydrogen) atoms. The number of aliphatic carboxylic acids is 1. The van der Waals surface area contributed by atoms with Crippen molar-refractivity contribution in [3.05, 3.63) is 64.7 Å². The second kappa shape index (κ2) is 7.89. The predicted molar refractivity (Wildman–Crippen MR) is 98.3 cm³/mol. The molecule has 1 heterocycles. The maximum Gasteiger partial charge on any atom is 0.320 e. The molecule has 4 nitrogen and oxygen atoms in total. The van der Waals surface area contributed by atoms with Crippen LogP contribution in [0.2, 0.25) is 5.02 Å². The molecular formula is C20H22ClNO3. The van der Waals surface area contributed by atoms with E-state index in [2.05, 4.69) is 0 Å². The number of likely N-dealkylation sites (tertiary alicyclic amines) is 1. The van der Waals surface area contributed by atoms with E-state index >= 15 is 0 Å². The molecule has 2 atom stereocenters. The van der Waals surface area contributed by atoms with Crippen molar-refractivity contribution in [1.29, 1.82) is 0 Å². The van der Waals surface area contributed by atoms with E-state index in [9.17, 15) is 9.90 Å². The van der Waals surface area contributed by atoms with E-state index in [1.165, 1.54) is 0 Å². The number of carboxylic acids is 1. The Bertz CT molecular complexity index is 749. The van der Waals surface area contributed by atoms with Crippen LogP contribution in [0.5, 0.6) is 5.75 Å². The summed E-state index contributed by atoms with van der Waals surface area (Å²) in [5, 5.41) is 10.3. The first kappa shape index (κ1) is 17.8. The first-order valence-electron chi connectivity index (χ1n) is 8.57. The molecule has 0 aliphatic carbocycles. The zero-order valence-corrected chi connectivity index (χ0v) is 14.9. The third-order valence-corrected chi connectivity index (χ3v) is 4.82. The quantitative estimate of drug-likeness (QED) is 0.831. The van der Waals surface area contributed by atoms with Crippen LogP contribution in [0.1, 0.15) is 36.9 Å². The van der Waals surface area contributed by atoms with E-state index < -0.39 is 12.0 Å². The summed E-state index contributed by atoms with van der Waals surface area (Å²) in [6.07, 6.45) is 1.52. The summed E-state index contributed by atoms with van der Waals surface area (Å²) < 4.78 is 5.82. The normalized spacial score (nSPS) is 18.9. The third kappa shape index (κ3) is 3.80. The zero-order valence-electron chi connectivity index (χ0n) is 14.2. The summed E-state index contributed by atoms with van der Waals surface area (Å²) in [5.74, 6) is 0.00410. The standard InChI is InChI=1S/C20H22ClNO3/c1-2-25-18-11-4-3-9-16(18)19(14-7-5-8-15(21)13-14)22-12-6-10-17(22)20(23)24/h3-5,7-9,11,13,17,19H,2,6,10,12H2,1H3,(H,23,24). The van der Waals surface area contributed by atoms with Crippen LogP contribution in [0.3, 0.4) is 0 Å². The average Bonchev–Trinajstić information content (AvgIpc) is 3.07. The lowest BCUT2D eigenvalue weighted by atomic mass is 9.95. The summed E-state index contributed by atoms with van der Waals surface area (Å²) in [4.78, 5) is 13.8. The van der Waals surface area contributed by atoms with E-state index in [0.29, 0.717) is 18.1 Å². The molecule has 0 spiro atoms. The smallest absolute Gasteiger partial charge is 0.320 e. The van der Waals surface area contributed by atoms with Gasteiger partial charge in [-0.3, -0.25) is 9.69 Å². The first-order valence-corrected chi connectivity index (χ1v) is 8.95. The van der Waals surface area contributed by atoms with Gasteiger partial charge in [0.1, 0.15) is 11.8 Å². The second-order valence-corrected chi connectivity index (χ2v) is 6.60. The fourth-order valence-corrected chi connectivity index (χ4v) is 3.78. The highest BCUT2D eigenvalue weighted by atomic mass is 35.5. The van der Waals surface area contributed by atoms with Crippen molar-refractivity contribution in [1.82, 2.24) is 4.90 Å².